The van der Waals surface area contributed by atoms with Gasteiger partial charge in [-0.25, -0.2) is 14.6 Å². The third-order valence-electron chi connectivity index (χ3n) is 2.79. The Bertz CT molecular complexity index is 660. The Hall–Kier alpha value is -1.95. The van der Waals surface area contributed by atoms with E-state index in [9.17, 15) is 9.59 Å². The highest BCUT2D eigenvalue weighted by molar-refractivity contribution is 7.09. The van der Waals surface area contributed by atoms with E-state index in [0.717, 1.165) is 17.1 Å². The molecule has 0 aliphatic carbocycles. The van der Waals surface area contributed by atoms with Crippen molar-refractivity contribution in [1.82, 2.24) is 4.98 Å². The lowest BCUT2D eigenvalue weighted by atomic mass is 10.1. The molecule has 2 aromatic rings. The van der Waals surface area contributed by atoms with Gasteiger partial charge in [-0.3, -0.25) is 0 Å². The van der Waals surface area contributed by atoms with Gasteiger partial charge in [0.1, 0.15) is 17.9 Å². The number of hydrogen-bond acceptors (Lipinski definition) is 6. The third-order valence-corrected chi connectivity index (χ3v) is 3.83. The lowest BCUT2D eigenvalue weighted by Gasteiger charge is -2.07. The van der Waals surface area contributed by atoms with Crippen molar-refractivity contribution >= 4 is 17.3 Å². The average Bonchev–Trinajstić information content (AvgIpc) is 2.83. The summed E-state index contributed by atoms with van der Waals surface area (Å²) in [5.74, 6) is -0.234. The lowest BCUT2D eigenvalue weighted by molar-refractivity contribution is 0.0462. The topological polar surface area (TPSA) is 69.4 Å². The monoisotopic (exact) mass is 293 g/mol. The molecule has 0 amide bonds. The summed E-state index contributed by atoms with van der Waals surface area (Å²) in [6.45, 7) is 5.39. The first-order chi connectivity index (χ1) is 9.51. The summed E-state index contributed by atoms with van der Waals surface area (Å²) in [4.78, 5) is 27.5. The number of aromatic nitrogens is 1. The molecule has 0 aliphatic rings. The van der Waals surface area contributed by atoms with Crippen molar-refractivity contribution in [2.24, 2.45) is 0 Å². The van der Waals surface area contributed by atoms with E-state index in [1.807, 2.05) is 12.3 Å². The highest BCUT2D eigenvalue weighted by Crippen LogP contribution is 2.15. The summed E-state index contributed by atoms with van der Waals surface area (Å²) >= 11 is 1.54. The van der Waals surface area contributed by atoms with Gasteiger partial charge >= 0.3 is 11.6 Å². The van der Waals surface area contributed by atoms with Crippen LogP contribution in [-0.2, 0) is 17.8 Å². The fourth-order valence-corrected chi connectivity index (χ4v) is 2.58. The molecule has 0 bridgehead atoms. The number of aryl methyl sites for hydroxylation is 3. The van der Waals surface area contributed by atoms with Gasteiger partial charge in [-0.05, 0) is 25.8 Å². The van der Waals surface area contributed by atoms with E-state index in [1.54, 1.807) is 25.2 Å². The molecular formula is C14H15NO4S. The van der Waals surface area contributed by atoms with E-state index in [0.29, 0.717) is 11.1 Å². The van der Waals surface area contributed by atoms with Crippen LogP contribution in [0.2, 0.25) is 0 Å². The second kappa shape index (κ2) is 6.00. The Labute approximate surface area is 120 Å². The average molecular weight is 293 g/mol. The van der Waals surface area contributed by atoms with E-state index in [1.165, 1.54) is 6.07 Å². The first-order valence-corrected chi connectivity index (χ1v) is 7.11. The van der Waals surface area contributed by atoms with E-state index in [2.05, 4.69) is 4.98 Å². The molecule has 0 saturated heterocycles. The molecule has 0 aromatic carbocycles. The molecule has 2 heterocycles. The normalized spacial score (nSPS) is 10.6. The Kier molecular flexibility index (Phi) is 4.34. The minimum atomic E-state index is -0.505. The van der Waals surface area contributed by atoms with Crippen molar-refractivity contribution < 1.29 is 13.9 Å². The van der Waals surface area contributed by atoms with Gasteiger partial charge in [0, 0.05) is 11.4 Å². The Morgan fingerprint density at radius 2 is 2.20 bits per heavy atom. The van der Waals surface area contributed by atoms with Crippen LogP contribution in [0.5, 0.6) is 0 Å². The van der Waals surface area contributed by atoms with Crippen molar-refractivity contribution in [1.29, 1.82) is 0 Å². The van der Waals surface area contributed by atoms with E-state index in [4.69, 9.17) is 9.15 Å². The molecule has 6 heteroatoms. The molecule has 0 fully saturated rings. The maximum Gasteiger partial charge on any atom is 0.342 e. The zero-order valence-electron chi connectivity index (χ0n) is 11.6. The quantitative estimate of drug-likeness (QED) is 0.810. The minimum Gasteiger partial charge on any atom is -0.455 e. The molecule has 2 rings (SSSR count). The number of rotatable bonds is 4. The van der Waals surface area contributed by atoms with Crippen LogP contribution in [0.15, 0.2) is 20.7 Å². The summed E-state index contributed by atoms with van der Waals surface area (Å²) in [6.07, 6.45) is 0.862. The highest BCUT2D eigenvalue weighted by atomic mass is 32.1. The predicted octanol–water partition coefficient (Wildman–Crippen LogP) is 2.63. The van der Waals surface area contributed by atoms with E-state index in [-0.39, 0.29) is 12.4 Å². The molecule has 5 nitrogen and oxygen atoms in total. The van der Waals surface area contributed by atoms with Crippen molar-refractivity contribution in [3.8, 4) is 0 Å². The van der Waals surface area contributed by atoms with Gasteiger partial charge in [0.2, 0.25) is 0 Å². The van der Waals surface area contributed by atoms with Crippen LogP contribution >= 0.6 is 11.3 Å². The number of nitrogens with zero attached hydrogens (tertiary/aromatic N) is 1. The molecule has 106 valence electrons. The van der Waals surface area contributed by atoms with E-state index >= 15 is 0 Å². The van der Waals surface area contributed by atoms with Crippen LogP contribution in [0.4, 0.5) is 0 Å². The Morgan fingerprint density at radius 1 is 1.45 bits per heavy atom. The van der Waals surface area contributed by atoms with Gasteiger partial charge < -0.3 is 9.15 Å². The number of carbonyl (C=O) groups is 1. The standard InChI is InChI=1S/C14H15NO4S/c1-4-11-15-10(7-20-11)6-18-14(17)13-8(2)5-12(16)19-9(13)3/h5,7H,4,6H2,1-3H3. The first kappa shape index (κ1) is 14.5. The molecular weight excluding hydrogens is 278 g/mol. The van der Waals surface area contributed by atoms with Crippen molar-refractivity contribution in [2.75, 3.05) is 0 Å². The van der Waals surface area contributed by atoms with Crippen LogP contribution in [0, 0.1) is 13.8 Å². The van der Waals surface area contributed by atoms with Gasteiger partial charge in [0.15, 0.2) is 0 Å². The fraction of sp³-hybridized carbons (Fsp3) is 0.357. The van der Waals surface area contributed by atoms with Gasteiger partial charge in [0.05, 0.1) is 10.7 Å². The maximum atomic E-state index is 12.0. The van der Waals surface area contributed by atoms with E-state index < -0.39 is 11.6 Å². The maximum absolute atomic E-state index is 12.0. The number of carbonyl (C=O) groups excluding carboxylic acids is 1. The minimum absolute atomic E-state index is 0.118. The molecule has 0 atom stereocenters. The second-order valence-corrected chi connectivity index (χ2v) is 5.28. The Morgan fingerprint density at radius 3 is 2.80 bits per heavy atom. The van der Waals surface area contributed by atoms with Crippen LogP contribution in [0.25, 0.3) is 0 Å². The molecule has 0 spiro atoms. The van der Waals surface area contributed by atoms with Crippen molar-refractivity contribution in [3.05, 3.63) is 49.5 Å². The SMILES string of the molecule is CCc1nc(COC(=O)c2c(C)cc(=O)oc2C)cs1. The summed E-state index contributed by atoms with van der Waals surface area (Å²) in [5, 5.41) is 2.88. The van der Waals surface area contributed by atoms with Gasteiger partial charge in [0.25, 0.3) is 0 Å². The van der Waals surface area contributed by atoms with Gasteiger partial charge in [-0.2, -0.15) is 0 Å². The number of thiazole rings is 1. The predicted molar refractivity (Wildman–Crippen MR) is 75.1 cm³/mol. The van der Waals surface area contributed by atoms with Gasteiger partial charge in [-0.1, -0.05) is 6.92 Å². The largest absolute Gasteiger partial charge is 0.455 e. The summed E-state index contributed by atoms with van der Waals surface area (Å²) < 4.78 is 10.1. The van der Waals surface area contributed by atoms with Crippen LogP contribution in [-0.4, -0.2) is 11.0 Å². The molecule has 20 heavy (non-hydrogen) atoms. The fourth-order valence-electron chi connectivity index (χ4n) is 1.85. The highest BCUT2D eigenvalue weighted by Gasteiger charge is 2.17. The smallest absolute Gasteiger partial charge is 0.342 e. The lowest BCUT2D eigenvalue weighted by Crippen LogP contribution is -2.13. The Balaban J connectivity index is 2.11. The summed E-state index contributed by atoms with van der Waals surface area (Å²) in [5.41, 5.74) is 1.11. The van der Waals surface area contributed by atoms with Crippen LogP contribution in [0.3, 0.4) is 0 Å². The third kappa shape index (κ3) is 3.14. The number of hydrogen-bond donors (Lipinski definition) is 0. The van der Waals surface area contributed by atoms with Gasteiger partial charge in [-0.15, -0.1) is 11.3 Å². The molecule has 0 unspecified atom stereocenters. The second-order valence-electron chi connectivity index (χ2n) is 4.34. The van der Waals surface area contributed by atoms with Crippen molar-refractivity contribution in [2.45, 2.75) is 33.8 Å². The number of ether oxygens (including phenoxy) is 1. The molecule has 0 saturated carbocycles. The molecule has 0 N–H and O–H groups in total. The van der Waals surface area contributed by atoms with Crippen LogP contribution in [0.1, 0.15) is 39.3 Å². The summed E-state index contributed by atoms with van der Waals surface area (Å²) in [6, 6.07) is 1.28. The first-order valence-electron chi connectivity index (χ1n) is 6.23. The number of esters is 1. The van der Waals surface area contributed by atoms with Crippen LogP contribution < -0.4 is 5.63 Å². The molecule has 0 aliphatic heterocycles. The molecule has 0 radical (unpaired) electrons. The zero-order chi connectivity index (χ0) is 14.7. The summed E-state index contributed by atoms with van der Waals surface area (Å²) in [7, 11) is 0. The van der Waals surface area contributed by atoms with Crippen molar-refractivity contribution in [3.63, 3.8) is 0 Å². The molecule has 2 aromatic heterocycles. The zero-order valence-corrected chi connectivity index (χ0v) is 12.4.